The summed E-state index contributed by atoms with van der Waals surface area (Å²) in [5.41, 5.74) is 0. The van der Waals surface area contributed by atoms with Crippen molar-refractivity contribution >= 4 is 5.97 Å². The maximum absolute atomic E-state index is 11.2. The van der Waals surface area contributed by atoms with Crippen molar-refractivity contribution in [3.63, 3.8) is 0 Å². The van der Waals surface area contributed by atoms with Crippen LogP contribution in [0.2, 0.25) is 0 Å². The van der Waals surface area contributed by atoms with E-state index in [0.29, 0.717) is 18.4 Å². The van der Waals surface area contributed by atoms with Crippen molar-refractivity contribution in [3.8, 4) is 0 Å². The van der Waals surface area contributed by atoms with E-state index in [9.17, 15) is 4.79 Å². The summed E-state index contributed by atoms with van der Waals surface area (Å²) in [7, 11) is 0. The summed E-state index contributed by atoms with van der Waals surface area (Å²) >= 11 is 0. The Morgan fingerprint density at radius 2 is 2.00 bits per heavy atom. The van der Waals surface area contributed by atoms with E-state index in [1.54, 1.807) is 0 Å². The first kappa shape index (κ1) is 10.9. The van der Waals surface area contributed by atoms with Gasteiger partial charge in [-0.25, -0.2) is 0 Å². The summed E-state index contributed by atoms with van der Waals surface area (Å²) in [4.78, 5) is 11.2. The normalized spacial score (nSPS) is 37.0. The van der Waals surface area contributed by atoms with Crippen molar-refractivity contribution in [1.29, 1.82) is 0 Å². The van der Waals surface area contributed by atoms with Gasteiger partial charge in [-0.2, -0.15) is 0 Å². The number of esters is 1. The molecule has 2 fully saturated rings. The van der Waals surface area contributed by atoms with Crippen LogP contribution in [0, 0.1) is 5.92 Å². The Labute approximate surface area is 91.1 Å². The maximum atomic E-state index is 11.2. The minimum Gasteiger partial charge on any atom is -0.460 e. The van der Waals surface area contributed by atoms with Crippen LogP contribution in [0.25, 0.3) is 0 Å². The van der Waals surface area contributed by atoms with Crippen LogP contribution in [0.3, 0.4) is 0 Å². The standard InChI is InChI=1S/C12H20O3/c1-8(2)9-4-3-5-10-11(14-9)6-7-12(13)15-10/h8-11H,3-7H2,1-2H3/t9-,10-,11+/m1/s1. The highest BCUT2D eigenvalue weighted by Crippen LogP contribution is 2.30. The third-order valence-electron chi connectivity index (χ3n) is 3.40. The first-order valence-electron chi connectivity index (χ1n) is 6.02. The number of rotatable bonds is 1. The molecule has 0 spiro atoms. The fraction of sp³-hybridized carbons (Fsp3) is 0.917. The van der Waals surface area contributed by atoms with Crippen LogP contribution < -0.4 is 0 Å². The minimum absolute atomic E-state index is 0.0231. The van der Waals surface area contributed by atoms with Crippen LogP contribution in [0.15, 0.2) is 0 Å². The lowest BCUT2D eigenvalue weighted by Crippen LogP contribution is -2.39. The highest BCUT2D eigenvalue weighted by molar-refractivity contribution is 5.70. The second-order valence-electron chi connectivity index (χ2n) is 4.95. The molecule has 2 aliphatic rings. The number of hydrogen-bond donors (Lipinski definition) is 0. The molecule has 2 saturated heterocycles. The molecule has 2 rings (SSSR count). The third kappa shape index (κ3) is 2.51. The zero-order valence-corrected chi connectivity index (χ0v) is 9.57. The van der Waals surface area contributed by atoms with Crippen LogP contribution >= 0.6 is 0 Å². The monoisotopic (exact) mass is 212 g/mol. The molecule has 86 valence electrons. The van der Waals surface area contributed by atoms with E-state index < -0.39 is 0 Å². The molecule has 0 radical (unpaired) electrons. The predicted octanol–water partition coefficient (Wildman–Crippen LogP) is 2.29. The van der Waals surface area contributed by atoms with Crippen molar-refractivity contribution in [1.82, 2.24) is 0 Å². The maximum Gasteiger partial charge on any atom is 0.306 e. The average molecular weight is 212 g/mol. The van der Waals surface area contributed by atoms with E-state index in [2.05, 4.69) is 13.8 Å². The summed E-state index contributed by atoms with van der Waals surface area (Å²) in [6.45, 7) is 4.39. The van der Waals surface area contributed by atoms with Crippen LogP contribution in [0.5, 0.6) is 0 Å². The van der Waals surface area contributed by atoms with Gasteiger partial charge in [0.05, 0.1) is 12.2 Å². The first-order valence-corrected chi connectivity index (χ1v) is 6.02. The second kappa shape index (κ2) is 4.52. The van der Waals surface area contributed by atoms with Gasteiger partial charge in [0.25, 0.3) is 0 Å². The average Bonchev–Trinajstić information content (AvgIpc) is 2.39. The van der Waals surface area contributed by atoms with Crippen molar-refractivity contribution in [2.75, 3.05) is 0 Å². The molecule has 15 heavy (non-hydrogen) atoms. The molecule has 2 aliphatic heterocycles. The van der Waals surface area contributed by atoms with Gasteiger partial charge in [-0.05, 0) is 31.6 Å². The van der Waals surface area contributed by atoms with Crippen LogP contribution in [-0.4, -0.2) is 24.3 Å². The molecule has 0 N–H and O–H groups in total. The van der Waals surface area contributed by atoms with E-state index in [4.69, 9.17) is 9.47 Å². The summed E-state index contributed by atoms with van der Waals surface area (Å²) in [6, 6.07) is 0. The first-order chi connectivity index (χ1) is 7.16. The topological polar surface area (TPSA) is 35.5 Å². The van der Waals surface area contributed by atoms with Gasteiger partial charge in [-0.3, -0.25) is 4.79 Å². The van der Waals surface area contributed by atoms with Gasteiger partial charge in [0.2, 0.25) is 0 Å². The predicted molar refractivity (Wildman–Crippen MR) is 56.5 cm³/mol. The number of ether oxygens (including phenoxy) is 2. The zero-order valence-electron chi connectivity index (χ0n) is 9.57. The van der Waals surface area contributed by atoms with Gasteiger partial charge in [0, 0.05) is 6.42 Å². The Balaban J connectivity index is 2.00. The number of carbonyl (C=O) groups excluding carboxylic acids is 1. The highest BCUT2D eigenvalue weighted by atomic mass is 16.6. The molecule has 0 aromatic heterocycles. The number of carbonyl (C=O) groups is 1. The Morgan fingerprint density at radius 1 is 1.20 bits per heavy atom. The lowest BCUT2D eigenvalue weighted by molar-refractivity contribution is -0.172. The Bertz CT molecular complexity index is 237. The second-order valence-corrected chi connectivity index (χ2v) is 4.95. The quantitative estimate of drug-likeness (QED) is 0.625. The Morgan fingerprint density at radius 3 is 2.73 bits per heavy atom. The minimum atomic E-state index is -0.0529. The van der Waals surface area contributed by atoms with Crippen molar-refractivity contribution in [2.45, 2.75) is 64.3 Å². The Hall–Kier alpha value is -0.570. The number of fused-ring (bicyclic) bond motifs is 1. The molecule has 0 amide bonds. The van der Waals surface area contributed by atoms with Crippen LogP contribution in [-0.2, 0) is 14.3 Å². The summed E-state index contributed by atoms with van der Waals surface area (Å²) < 4.78 is 11.4. The zero-order chi connectivity index (χ0) is 10.8. The number of hydrogen-bond acceptors (Lipinski definition) is 3. The fourth-order valence-corrected chi connectivity index (χ4v) is 2.45. The summed E-state index contributed by atoms with van der Waals surface area (Å²) in [5, 5.41) is 0. The molecule has 0 aliphatic carbocycles. The van der Waals surface area contributed by atoms with Gasteiger partial charge in [0.15, 0.2) is 0 Å². The van der Waals surface area contributed by atoms with Crippen LogP contribution in [0.4, 0.5) is 0 Å². The summed E-state index contributed by atoms with van der Waals surface area (Å²) in [6.07, 6.45) is 5.06. The fourth-order valence-electron chi connectivity index (χ4n) is 2.45. The molecule has 3 atom stereocenters. The molecule has 0 bridgehead atoms. The van der Waals surface area contributed by atoms with Gasteiger partial charge in [0.1, 0.15) is 6.10 Å². The van der Waals surface area contributed by atoms with Gasteiger partial charge >= 0.3 is 5.97 Å². The van der Waals surface area contributed by atoms with E-state index >= 15 is 0 Å². The van der Waals surface area contributed by atoms with Crippen molar-refractivity contribution in [3.05, 3.63) is 0 Å². The molecular weight excluding hydrogens is 192 g/mol. The molecule has 3 heteroatoms. The van der Waals surface area contributed by atoms with Gasteiger partial charge in [-0.1, -0.05) is 13.8 Å². The SMILES string of the molecule is CC(C)[C@H]1CCC[C@H]2OC(=O)CC[C@@H]2O1. The molecule has 0 saturated carbocycles. The largest absolute Gasteiger partial charge is 0.460 e. The van der Waals surface area contributed by atoms with Crippen LogP contribution in [0.1, 0.15) is 46.0 Å². The van der Waals surface area contributed by atoms with E-state index in [1.165, 1.54) is 0 Å². The van der Waals surface area contributed by atoms with E-state index in [0.717, 1.165) is 25.7 Å². The Kier molecular flexibility index (Phi) is 3.29. The lowest BCUT2D eigenvalue weighted by Gasteiger charge is -2.31. The molecule has 0 unspecified atom stereocenters. The van der Waals surface area contributed by atoms with E-state index in [-0.39, 0.29) is 18.2 Å². The van der Waals surface area contributed by atoms with Crippen molar-refractivity contribution in [2.24, 2.45) is 5.92 Å². The van der Waals surface area contributed by atoms with Gasteiger partial charge < -0.3 is 9.47 Å². The summed E-state index contributed by atoms with van der Waals surface area (Å²) in [5.74, 6) is 0.504. The smallest absolute Gasteiger partial charge is 0.306 e. The lowest BCUT2D eigenvalue weighted by atomic mass is 10.00. The van der Waals surface area contributed by atoms with Gasteiger partial charge in [-0.15, -0.1) is 0 Å². The third-order valence-corrected chi connectivity index (χ3v) is 3.40. The molecule has 0 aromatic carbocycles. The molecule has 0 aromatic rings. The molecule has 3 nitrogen and oxygen atoms in total. The molecular formula is C12H20O3. The molecule has 2 heterocycles. The van der Waals surface area contributed by atoms with Crippen molar-refractivity contribution < 1.29 is 14.3 Å². The highest BCUT2D eigenvalue weighted by Gasteiger charge is 2.35. The van der Waals surface area contributed by atoms with E-state index in [1.807, 2.05) is 0 Å².